The number of aryl methyl sites for hydroxylation is 1. The number of hydrogen-bond acceptors (Lipinski definition) is 3. The molecule has 2 aromatic rings. The standard InChI is InChI=1S/C21H25FN2O3/c1-12(2)27-21(26)18-13(3)19(23-14(18)4)20(25)24(17-9-10-17)11-15-5-7-16(22)8-6-15/h5-8,12,17,23H,9-11H2,1-4H3. The van der Waals surface area contributed by atoms with Crippen LogP contribution in [0.5, 0.6) is 0 Å². The molecule has 6 heteroatoms. The van der Waals surface area contributed by atoms with Crippen molar-refractivity contribution in [3.05, 3.63) is 58.2 Å². The fraction of sp³-hybridized carbons (Fsp3) is 0.429. The molecule has 3 rings (SSSR count). The number of hydrogen-bond donors (Lipinski definition) is 1. The Morgan fingerprint density at radius 1 is 1.22 bits per heavy atom. The zero-order chi connectivity index (χ0) is 19.7. The molecule has 0 unspecified atom stereocenters. The number of aromatic amines is 1. The first kappa shape index (κ1) is 19.1. The lowest BCUT2D eigenvalue weighted by atomic mass is 10.1. The summed E-state index contributed by atoms with van der Waals surface area (Å²) < 4.78 is 18.5. The number of rotatable bonds is 6. The number of halogens is 1. The van der Waals surface area contributed by atoms with Gasteiger partial charge in [0.1, 0.15) is 11.5 Å². The lowest BCUT2D eigenvalue weighted by Gasteiger charge is -2.22. The Morgan fingerprint density at radius 3 is 2.41 bits per heavy atom. The van der Waals surface area contributed by atoms with Crippen molar-refractivity contribution in [2.45, 2.75) is 59.2 Å². The minimum absolute atomic E-state index is 0.147. The minimum Gasteiger partial charge on any atom is -0.459 e. The van der Waals surface area contributed by atoms with E-state index in [-0.39, 0.29) is 23.9 Å². The Morgan fingerprint density at radius 2 is 1.85 bits per heavy atom. The van der Waals surface area contributed by atoms with Gasteiger partial charge >= 0.3 is 5.97 Å². The second kappa shape index (κ2) is 7.55. The van der Waals surface area contributed by atoms with E-state index in [0.717, 1.165) is 18.4 Å². The van der Waals surface area contributed by atoms with Crippen LogP contribution in [-0.4, -0.2) is 33.9 Å². The highest BCUT2D eigenvalue weighted by molar-refractivity contribution is 6.00. The number of benzene rings is 1. The molecule has 1 aliphatic carbocycles. The molecule has 1 aromatic carbocycles. The SMILES string of the molecule is Cc1[nH]c(C(=O)N(Cc2ccc(F)cc2)C2CC2)c(C)c1C(=O)OC(C)C. The number of amides is 1. The topological polar surface area (TPSA) is 62.4 Å². The number of nitrogens with one attached hydrogen (secondary N) is 1. The number of carbonyl (C=O) groups excluding carboxylic acids is 2. The van der Waals surface area contributed by atoms with Gasteiger partial charge in [-0.3, -0.25) is 4.79 Å². The van der Waals surface area contributed by atoms with Crippen molar-refractivity contribution in [1.29, 1.82) is 0 Å². The average molecular weight is 372 g/mol. The van der Waals surface area contributed by atoms with Crippen molar-refractivity contribution in [1.82, 2.24) is 9.88 Å². The Bertz CT molecular complexity index is 851. The third kappa shape index (κ3) is 4.21. The molecule has 1 saturated carbocycles. The van der Waals surface area contributed by atoms with Gasteiger partial charge in [0.25, 0.3) is 5.91 Å². The zero-order valence-electron chi connectivity index (χ0n) is 16.1. The number of H-pyrrole nitrogens is 1. The van der Waals surface area contributed by atoms with Crippen LogP contribution >= 0.6 is 0 Å². The average Bonchev–Trinajstić information content (AvgIpc) is 3.38. The molecule has 1 heterocycles. The quantitative estimate of drug-likeness (QED) is 0.775. The maximum atomic E-state index is 13.2. The van der Waals surface area contributed by atoms with Crippen molar-refractivity contribution in [2.75, 3.05) is 0 Å². The van der Waals surface area contributed by atoms with Gasteiger partial charge in [-0.15, -0.1) is 0 Å². The molecule has 1 aliphatic rings. The van der Waals surface area contributed by atoms with Crippen LogP contribution in [0.4, 0.5) is 4.39 Å². The molecule has 1 N–H and O–H groups in total. The second-order valence-corrected chi connectivity index (χ2v) is 7.37. The summed E-state index contributed by atoms with van der Waals surface area (Å²) in [7, 11) is 0. The van der Waals surface area contributed by atoms with E-state index in [0.29, 0.717) is 29.1 Å². The molecular formula is C21H25FN2O3. The van der Waals surface area contributed by atoms with E-state index in [4.69, 9.17) is 4.74 Å². The van der Waals surface area contributed by atoms with Crippen molar-refractivity contribution >= 4 is 11.9 Å². The highest BCUT2D eigenvalue weighted by Gasteiger charge is 2.35. The van der Waals surface area contributed by atoms with E-state index in [9.17, 15) is 14.0 Å². The van der Waals surface area contributed by atoms with Gasteiger partial charge in [0.05, 0.1) is 11.7 Å². The van der Waals surface area contributed by atoms with Crippen LogP contribution in [0.1, 0.15) is 64.4 Å². The van der Waals surface area contributed by atoms with Crippen molar-refractivity contribution in [3.8, 4) is 0 Å². The molecule has 5 nitrogen and oxygen atoms in total. The number of nitrogens with zero attached hydrogens (tertiary/aromatic N) is 1. The summed E-state index contributed by atoms with van der Waals surface area (Å²) >= 11 is 0. The van der Waals surface area contributed by atoms with Crippen LogP contribution < -0.4 is 0 Å². The van der Waals surface area contributed by atoms with Gasteiger partial charge in [0.15, 0.2) is 0 Å². The van der Waals surface area contributed by atoms with Crippen LogP contribution in [0.25, 0.3) is 0 Å². The molecule has 0 radical (unpaired) electrons. The van der Waals surface area contributed by atoms with Gasteiger partial charge in [-0.1, -0.05) is 12.1 Å². The molecule has 27 heavy (non-hydrogen) atoms. The maximum absolute atomic E-state index is 13.2. The number of carbonyl (C=O) groups is 2. The van der Waals surface area contributed by atoms with Crippen molar-refractivity contribution in [3.63, 3.8) is 0 Å². The van der Waals surface area contributed by atoms with Crippen molar-refractivity contribution < 1.29 is 18.7 Å². The molecule has 1 fully saturated rings. The lowest BCUT2D eigenvalue weighted by molar-refractivity contribution is 0.0376. The van der Waals surface area contributed by atoms with Crippen LogP contribution in [0.15, 0.2) is 24.3 Å². The molecule has 1 amide bonds. The molecule has 0 atom stereocenters. The summed E-state index contributed by atoms with van der Waals surface area (Å²) in [5.74, 6) is -0.870. The number of esters is 1. The zero-order valence-corrected chi connectivity index (χ0v) is 16.1. The Kier molecular flexibility index (Phi) is 5.35. The monoisotopic (exact) mass is 372 g/mol. The minimum atomic E-state index is -0.424. The number of aromatic nitrogens is 1. The van der Waals surface area contributed by atoms with Crippen LogP contribution in [0.2, 0.25) is 0 Å². The summed E-state index contributed by atoms with van der Waals surface area (Å²) in [5.41, 5.74) is 2.94. The first-order chi connectivity index (χ1) is 12.8. The van der Waals surface area contributed by atoms with Crippen LogP contribution in [0.3, 0.4) is 0 Å². The molecule has 144 valence electrons. The normalized spacial score (nSPS) is 13.7. The van der Waals surface area contributed by atoms with E-state index in [1.165, 1.54) is 12.1 Å². The first-order valence-electron chi connectivity index (χ1n) is 9.23. The van der Waals surface area contributed by atoms with E-state index < -0.39 is 5.97 Å². The van der Waals surface area contributed by atoms with Gasteiger partial charge in [0.2, 0.25) is 0 Å². The number of ether oxygens (including phenoxy) is 1. The first-order valence-corrected chi connectivity index (χ1v) is 9.23. The lowest BCUT2D eigenvalue weighted by Crippen LogP contribution is -2.33. The smallest absolute Gasteiger partial charge is 0.340 e. The van der Waals surface area contributed by atoms with E-state index >= 15 is 0 Å². The van der Waals surface area contributed by atoms with Crippen LogP contribution in [0, 0.1) is 19.7 Å². The van der Waals surface area contributed by atoms with E-state index in [1.807, 2.05) is 0 Å². The van der Waals surface area contributed by atoms with E-state index in [1.54, 1.807) is 44.7 Å². The third-order valence-electron chi connectivity index (χ3n) is 4.71. The van der Waals surface area contributed by atoms with Gasteiger partial charge < -0.3 is 14.6 Å². The second-order valence-electron chi connectivity index (χ2n) is 7.37. The van der Waals surface area contributed by atoms with E-state index in [2.05, 4.69) is 4.98 Å². The molecule has 1 aromatic heterocycles. The highest BCUT2D eigenvalue weighted by atomic mass is 19.1. The summed E-state index contributed by atoms with van der Waals surface area (Å²) in [6.07, 6.45) is 1.67. The molecular weight excluding hydrogens is 347 g/mol. The summed E-state index contributed by atoms with van der Waals surface area (Å²) in [4.78, 5) is 30.4. The summed E-state index contributed by atoms with van der Waals surface area (Å²) in [6, 6.07) is 6.35. The molecule has 0 spiro atoms. The molecule has 0 saturated heterocycles. The highest BCUT2D eigenvalue weighted by Crippen LogP contribution is 2.31. The van der Waals surface area contributed by atoms with Crippen LogP contribution in [-0.2, 0) is 11.3 Å². The van der Waals surface area contributed by atoms with Crippen molar-refractivity contribution in [2.24, 2.45) is 0 Å². The largest absolute Gasteiger partial charge is 0.459 e. The fourth-order valence-corrected chi connectivity index (χ4v) is 3.23. The predicted molar refractivity (Wildman–Crippen MR) is 100 cm³/mol. The maximum Gasteiger partial charge on any atom is 0.340 e. The Hall–Kier alpha value is -2.63. The predicted octanol–water partition coefficient (Wildman–Crippen LogP) is 4.14. The van der Waals surface area contributed by atoms with Gasteiger partial charge in [-0.05, 0) is 63.8 Å². The molecule has 0 aliphatic heterocycles. The van der Waals surface area contributed by atoms with Gasteiger partial charge in [-0.25, -0.2) is 9.18 Å². The molecule has 0 bridgehead atoms. The Balaban J connectivity index is 1.86. The summed E-state index contributed by atoms with van der Waals surface area (Å²) in [5, 5.41) is 0. The fourth-order valence-electron chi connectivity index (χ4n) is 3.23. The van der Waals surface area contributed by atoms with Gasteiger partial charge in [0, 0.05) is 18.3 Å². The van der Waals surface area contributed by atoms with Gasteiger partial charge in [-0.2, -0.15) is 0 Å². The Labute approximate surface area is 158 Å². The summed E-state index contributed by atoms with van der Waals surface area (Å²) in [6.45, 7) is 7.52. The third-order valence-corrected chi connectivity index (χ3v) is 4.71.